The first-order valence-electron chi connectivity index (χ1n) is 8.29. The summed E-state index contributed by atoms with van der Waals surface area (Å²) in [7, 11) is -3.79. The zero-order valence-corrected chi connectivity index (χ0v) is 16.9. The minimum Gasteiger partial charge on any atom is -0.363 e. The molecule has 0 saturated heterocycles. The number of hydrogen-bond acceptors (Lipinski definition) is 6. The lowest BCUT2D eigenvalue weighted by molar-refractivity contribution is 0.0687. The van der Waals surface area contributed by atoms with Crippen molar-refractivity contribution < 1.29 is 13.5 Å². The molecule has 2 heterocycles. The summed E-state index contributed by atoms with van der Waals surface area (Å²) in [6.45, 7) is 0.224. The van der Waals surface area contributed by atoms with Crippen molar-refractivity contribution in [1.82, 2.24) is 0 Å². The number of amidine groups is 1. The second-order valence-electron chi connectivity index (χ2n) is 6.36. The Labute approximate surface area is 171 Å². The third-order valence-electron chi connectivity index (χ3n) is 4.42. The molecule has 28 heavy (non-hydrogen) atoms. The van der Waals surface area contributed by atoms with Crippen molar-refractivity contribution in [3.05, 3.63) is 81.5 Å². The van der Waals surface area contributed by atoms with E-state index in [4.69, 9.17) is 16.7 Å². The summed E-state index contributed by atoms with van der Waals surface area (Å²) in [4.78, 5) is 7.22. The molecule has 0 radical (unpaired) electrons. The normalized spacial score (nSPS) is 19.7. The van der Waals surface area contributed by atoms with E-state index in [9.17, 15) is 13.5 Å². The summed E-state index contributed by atoms with van der Waals surface area (Å²) in [5.74, 6) is 0.527. The van der Waals surface area contributed by atoms with Crippen LogP contribution in [0.5, 0.6) is 0 Å². The molecule has 0 saturated carbocycles. The molecule has 3 N–H and O–H groups in total. The van der Waals surface area contributed by atoms with Gasteiger partial charge in [-0.1, -0.05) is 17.7 Å². The largest absolute Gasteiger partial charge is 0.363 e. The van der Waals surface area contributed by atoms with Gasteiger partial charge in [0.05, 0.1) is 16.3 Å². The Bertz CT molecular complexity index is 1130. The fourth-order valence-corrected chi connectivity index (χ4v) is 4.46. The third-order valence-corrected chi connectivity index (χ3v) is 6.61. The predicted molar refractivity (Wildman–Crippen MR) is 111 cm³/mol. The Hall–Kier alpha value is -2.23. The smallest absolute Gasteiger partial charge is 0.238 e. The Morgan fingerprint density at radius 3 is 2.36 bits per heavy atom. The van der Waals surface area contributed by atoms with Crippen LogP contribution in [0.1, 0.15) is 10.4 Å². The van der Waals surface area contributed by atoms with E-state index < -0.39 is 15.7 Å². The molecule has 1 aromatic heterocycles. The summed E-state index contributed by atoms with van der Waals surface area (Å²) in [6.07, 6.45) is 0. The van der Waals surface area contributed by atoms with E-state index in [1.165, 1.54) is 23.5 Å². The van der Waals surface area contributed by atoms with Crippen LogP contribution in [-0.2, 0) is 15.7 Å². The van der Waals surface area contributed by atoms with E-state index in [2.05, 4.69) is 4.99 Å². The number of hydrogen-bond donors (Lipinski definition) is 2. The Kier molecular flexibility index (Phi) is 4.76. The molecular formula is C19H16ClN3O3S2. The van der Waals surface area contributed by atoms with Crippen molar-refractivity contribution in [1.29, 1.82) is 0 Å². The van der Waals surface area contributed by atoms with Gasteiger partial charge in [0, 0.05) is 16.3 Å². The molecule has 1 aliphatic heterocycles. The van der Waals surface area contributed by atoms with E-state index in [0.29, 0.717) is 16.4 Å². The molecule has 6 nitrogen and oxygen atoms in total. The molecule has 1 unspecified atom stereocenters. The molecular weight excluding hydrogens is 418 g/mol. The molecule has 1 atom stereocenters. The number of aliphatic hydroxyl groups is 1. The first-order valence-corrected chi connectivity index (χ1v) is 11.1. The van der Waals surface area contributed by atoms with Crippen LogP contribution in [0.15, 0.2) is 75.9 Å². The highest BCUT2D eigenvalue weighted by Gasteiger charge is 2.41. The summed E-state index contributed by atoms with van der Waals surface area (Å²) >= 11 is 7.42. The number of aliphatic imine (C=N–C) groups is 1. The second-order valence-corrected chi connectivity index (χ2v) is 9.31. The standard InChI is InChI=1S/C19H16ClN3O3S2/c20-14-5-7-15(8-6-14)23-12-19(24,17-2-1-11-27-17)22-18(23)13-3-9-16(10-4-13)28(21,25)26/h1-11,24H,12H2,(H2,21,25,26). The number of anilines is 1. The van der Waals surface area contributed by atoms with E-state index in [1.807, 2.05) is 34.5 Å². The van der Waals surface area contributed by atoms with Crippen LogP contribution in [-0.4, -0.2) is 25.9 Å². The summed E-state index contributed by atoms with van der Waals surface area (Å²) in [5.41, 5.74) is 0.0721. The maximum atomic E-state index is 11.5. The molecule has 0 amide bonds. The first kappa shape index (κ1) is 19.1. The number of primary sulfonamides is 1. The van der Waals surface area contributed by atoms with Gasteiger partial charge in [0.1, 0.15) is 5.84 Å². The highest BCUT2D eigenvalue weighted by molar-refractivity contribution is 7.89. The van der Waals surface area contributed by atoms with Gasteiger partial charge >= 0.3 is 0 Å². The number of benzene rings is 2. The average Bonchev–Trinajstić information content (AvgIpc) is 3.31. The molecule has 0 fully saturated rings. The lowest BCUT2D eigenvalue weighted by Gasteiger charge is -2.23. The fourth-order valence-electron chi connectivity index (χ4n) is 3.05. The molecule has 9 heteroatoms. The molecule has 1 aliphatic rings. The van der Waals surface area contributed by atoms with Gasteiger partial charge in [0.2, 0.25) is 15.7 Å². The second kappa shape index (κ2) is 6.98. The maximum absolute atomic E-state index is 11.5. The van der Waals surface area contributed by atoms with Gasteiger partial charge in [-0.25, -0.2) is 18.5 Å². The summed E-state index contributed by atoms with van der Waals surface area (Å²) < 4.78 is 23.1. The van der Waals surface area contributed by atoms with Gasteiger partial charge in [-0.05, 0) is 60.0 Å². The number of nitrogens with zero attached hydrogens (tertiary/aromatic N) is 2. The number of sulfonamides is 1. The minimum atomic E-state index is -3.79. The maximum Gasteiger partial charge on any atom is 0.238 e. The monoisotopic (exact) mass is 433 g/mol. The van der Waals surface area contributed by atoms with E-state index in [1.54, 1.807) is 24.3 Å². The molecule has 0 spiro atoms. The van der Waals surface area contributed by atoms with Gasteiger partial charge in [-0.15, -0.1) is 11.3 Å². The van der Waals surface area contributed by atoms with Crippen LogP contribution in [0.25, 0.3) is 0 Å². The summed E-state index contributed by atoms with van der Waals surface area (Å²) in [6, 6.07) is 17.0. The zero-order valence-electron chi connectivity index (χ0n) is 14.5. The van der Waals surface area contributed by atoms with Crippen LogP contribution >= 0.6 is 22.9 Å². The SMILES string of the molecule is NS(=O)(=O)c1ccc(C2=NC(O)(c3cccs3)CN2c2ccc(Cl)cc2)cc1. The van der Waals surface area contributed by atoms with Gasteiger partial charge < -0.3 is 10.0 Å². The molecule has 0 bridgehead atoms. The number of nitrogens with two attached hydrogens (primary N) is 1. The third kappa shape index (κ3) is 3.57. The number of β-amino-alcohol motifs (C(OH)–C–C–N with tert-alkyl or cyclic N) is 1. The van der Waals surface area contributed by atoms with Crippen LogP contribution in [0.3, 0.4) is 0 Å². The van der Waals surface area contributed by atoms with Crippen LogP contribution in [0.2, 0.25) is 5.02 Å². The Morgan fingerprint density at radius 2 is 1.79 bits per heavy atom. The highest BCUT2D eigenvalue weighted by Crippen LogP contribution is 2.36. The topological polar surface area (TPSA) is 96.0 Å². The number of halogens is 1. The molecule has 144 valence electrons. The number of thiophene rings is 1. The van der Waals surface area contributed by atoms with Crippen LogP contribution < -0.4 is 10.0 Å². The lowest BCUT2D eigenvalue weighted by atomic mass is 10.1. The summed E-state index contributed by atoms with van der Waals surface area (Å²) in [5, 5.41) is 18.9. The van der Waals surface area contributed by atoms with E-state index in [-0.39, 0.29) is 11.4 Å². The zero-order chi connectivity index (χ0) is 19.9. The van der Waals surface area contributed by atoms with Gasteiger partial charge in [0.25, 0.3) is 0 Å². The van der Waals surface area contributed by atoms with Crippen molar-refractivity contribution in [2.75, 3.05) is 11.4 Å². The Morgan fingerprint density at radius 1 is 1.11 bits per heavy atom. The van der Waals surface area contributed by atoms with Crippen molar-refractivity contribution in [2.45, 2.75) is 10.6 Å². The quantitative estimate of drug-likeness (QED) is 0.660. The number of rotatable bonds is 4. The van der Waals surface area contributed by atoms with Gasteiger partial charge in [0.15, 0.2) is 0 Å². The average molecular weight is 434 g/mol. The molecule has 4 rings (SSSR count). The van der Waals surface area contributed by atoms with Crippen LogP contribution in [0, 0.1) is 0 Å². The van der Waals surface area contributed by atoms with E-state index in [0.717, 1.165) is 10.6 Å². The molecule has 0 aliphatic carbocycles. The van der Waals surface area contributed by atoms with Crippen molar-refractivity contribution in [2.24, 2.45) is 10.1 Å². The minimum absolute atomic E-state index is 0.0152. The first-order chi connectivity index (χ1) is 13.3. The van der Waals surface area contributed by atoms with Crippen molar-refractivity contribution in [3.63, 3.8) is 0 Å². The van der Waals surface area contributed by atoms with Crippen molar-refractivity contribution >= 4 is 44.5 Å². The lowest BCUT2D eigenvalue weighted by Crippen LogP contribution is -2.34. The molecule has 2 aromatic carbocycles. The fraction of sp³-hybridized carbons (Fsp3) is 0.105. The molecule has 3 aromatic rings. The highest BCUT2D eigenvalue weighted by atomic mass is 35.5. The van der Waals surface area contributed by atoms with Crippen molar-refractivity contribution in [3.8, 4) is 0 Å². The van der Waals surface area contributed by atoms with Crippen LogP contribution in [0.4, 0.5) is 5.69 Å². The van der Waals surface area contributed by atoms with E-state index >= 15 is 0 Å². The predicted octanol–water partition coefficient (Wildman–Crippen LogP) is 3.16. The van der Waals surface area contributed by atoms with Gasteiger partial charge in [-0.2, -0.15) is 0 Å². The van der Waals surface area contributed by atoms with Gasteiger partial charge in [-0.3, -0.25) is 0 Å². The Balaban J connectivity index is 1.80.